The second-order valence-electron chi connectivity index (χ2n) is 15.9. The van der Waals surface area contributed by atoms with E-state index in [4.69, 9.17) is 14.2 Å². The lowest BCUT2D eigenvalue weighted by Gasteiger charge is -2.31. The fourth-order valence-electron chi connectivity index (χ4n) is 6.18. The molecule has 2 atom stereocenters. The molecule has 0 heterocycles. The summed E-state index contributed by atoms with van der Waals surface area (Å²) in [5.41, 5.74) is 0. The van der Waals surface area contributed by atoms with Crippen LogP contribution in [0.15, 0.2) is 72.9 Å². The van der Waals surface area contributed by atoms with Crippen LogP contribution in [-0.2, 0) is 28.6 Å². The summed E-state index contributed by atoms with van der Waals surface area (Å²) in [4.78, 5) is 37.0. The Balaban J connectivity index is 4.35. The fourth-order valence-corrected chi connectivity index (χ4v) is 6.18. The lowest BCUT2D eigenvalue weighted by atomic mass is 10.1. The molecule has 0 rings (SSSR count). The van der Waals surface area contributed by atoms with Gasteiger partial charge in [0.05, 0.1) is 34.4 Å². The van der Waals surface area contributed by atoms with Gasteiger partial charge in [0.15, 0.2) is 12.1 Å². The van der Waals surface area contributed by atoms with Gasteiger partial charge in [-0.1, -0.05) is 145 Å². The summed E-state index contributed by atoms with van der Waals surface area (Å²) < 4.78 is 17.3. The molecule has 0 saturated heterocycles. The van der Waals surface area contributed by atoms with Gasteiger partial charge in [-0.05, 0) is 77.0 Å². The zero-order valence-electron chi connectivity index (χ0n) is 37.0. The minimum atomic E-state index is -0.883. The van der Waals surface area contributed by atoms with Crippen LogP contribution >= 0.6 is 0 Å². The topological polar surface area (TPSA) is 99.1 Å². The molecular weight excluding hydrogens is 715 g/mol. The Morgan fingerprint density at radius 1 is 0.526 bits per heavy atom. The third-order valence-corrected chi connectivity index (χ3v) is 9.60. The Hall–Kier alpha value is -3.23. The molecule has 0 radical (unpaired) electrons. The number of aliphatic carboxylic acids is 1. The molecule has 0 aliphatic rings. The average molecular weight is 799 g/mol. The van der Waals surface area contributed by atoms with E-state index >= 15 is 0 Å². The number of rotatable bonds is 39. The number of hydrogen-bond acceptors (Lipinski definition) is 6. The van der Waals surface area contributed by atoms with Crippen LogP contribution in [0.1, 0.15) is 168 Å². The van der Waals surface area contributed by atoms with Crippen molar-refractivity contribution in [2.24, 2.45) is 0 Å². The molecule has 0 fully saturated rings. The van der Waals surface area contributed by atoms with Gasteiger partial charge in [0, 0.05) is 19.3 Å². The van der Waals surface area contributed by atoms with Gasteiger partial charge < -0.3 is 23.8 Å². The van der Waals surface area contributed by atoms with Gasteiger partial charge >= 0.3 is 17.9 Å². The Labute approximate surface area is 349 Å². The fraction of sp³-hybridized carbons (Fsp3) is 0.694. The van der Waals surface area contributed by atoms with E-state index in [0.29, 0.717) is 19.3 Å². The largest absolute Gasteiger partial charge is 0.477 e. The quantitative estimate of drug-likeness (QED) is 0.0286. The predicted molar refractivity (Wildman–Crippen MR) is 238 cm³/mol. The maximum atomic E-state index is 12.7. The summed E-state index contributed by atoms with van der Waals surface area (Å²) in [7, 11) is 5.51. The van der Waals surface area contributed by atoms with Gasteiger partial charge in [0.25, 0.3) is 0 Å². The van der Waals surface area contributed by atoms with Crippen molar-refractivity contribution in [1.82, 2.24) is 0 Å². The van der Waals surface area contributed by atoms with Crippen molar-refractivity contribution in [3.8, 4) is 0 Å². The standard InChI is InChI=1S/C49H83NO7/c1-6-8-10-12-14-16-18-20-22-23-24-25-26-28-29-31-33-35-37-39-47(51)56-44-45(43-55-42-41-46(49(53)54)50(3,4)5)57-48(52)40-38-36-34-32-30-27-21-19-17-15-13-11-9-7-2/h8-11,14-17,20-22,27,45-46H,6-7,12-13,18-19,23-26,28-44H2,1-5H3/p+1/b10-8+,11-9+,16-14+,17-15+,22-20+,27-21+. The molecule has 57 heavy (non-hydrogen) atoms. The van der Waals surface area contributed by atoms with Crippen molar-refractivity contribution in [2.45, 2.75) is 180 Å². The van der Waals surface area contributed by atoms with Crippen LogP contribution in [0.4, 0.5) is 0 Å². The van der Waals surface area contributed by atoms with Crippen LogP contribution in [0.25, 0.3) is 0 Å². The first-order valence-electron chi connectivity index (χ1n) is 22.5. The lowest BCUT2D eigenvalue weighted by Crippen LogP contribution is -2.50. The number of allylic oxidation sites excluding steroid dienone is 12. The summed E-state index contributed by atoms with van der Waals surface area (Å²) in [5, 5.41) is 9.62. The third-order valence-electron chi connectivity index (χ3n) is 9.60. The van der Waals surface area contributed by atoms with Crippen LogP contribution in [0.3, 0.4) is 0 Å². The molecule has 0 aromatic rings. The number of carboxylic acids is 1. The van der Waals surface area contributed by atoms with Crippen LogP contribution in [-0.4, -0.2) is 80.6 Å². The molecule has 0 spiro atoms. The van der Waals surface area contributed by atoms with E-state index in [2.05, 4.69) is 86.8 Å². The molecule has 0 bridgehead atoms. The van der Waals surface area contributed by atoms with E-state index in [1.54, 1.807) is 0 Å². The van der Waals surface area contributed by atoms with Crippen molar-refractivity contribution in [2.75, 3.05) is 41.0 Å². The van der Waals surface area contributed by atoms with Crippen molar-refractivity contribution in [1.29, 1.82) is 0 Å². The zero-order chi connectivity index (χ0) is 42.1. The molecule has 0 aliphatic heterocycles. The normalized spacial score (nSPS) is 13.6. The molecule has 0 aromatic carbocycles. The third kappa shape index (κ3) is 38.1. The molecular formula is C49H84NO7+. The number of carbonyl (C=O) groups is 3. The highest BCUT2D eigenvalue weighted by molar-refractivity contribution is 5.72. The molecule has 1 N–H and O–H groups in total. The van der Waals surface area contributed by atoms with E-state index in [9.17, 15) is 19.5 Å². The Morgan fingerprint density at radius 3 is 1.37 bits per heavy atom. The minimum Gasteiger partial charge on any atom is -0.477 e. The van der Waals surface area contributed by atoms with E-state index in [1.807, 2.05) is 21.1 Å². The van der Waals surface area contributed by atoms with Gasteiger partial charge in [0.2, 0.25) is 0 Å². The van der Waals surface area contributed by atoms with Crippen molar-refractivity contribution in [3.63, 3.8) is 0 Å². The summed E-state index contributed by atoms with van der Waals surface area (Å²) >= 11 is 0. The monoisotopic (exact) mass is 799 g/mol. The lowest BCUT2D eigenvalue weighted by molar-refractivity contribution is -0.887. The molecule has 8 heteroatoms. The number of ether oxygens (including phenoxy) is 3. The maximum Gasteiger partial charge on any atom is 0.362 e. The van der Waals surface area contributed by atoms with Crippen molar-refractivity contribution >= 4 is 17.9 Å². The van der Waals surface area contributed by atoms with Gasteiger partial charge in [0.1, 0.15) is 6.61 Å². The predicted octanol–water partition coefficient (Wildman–Crippen LogP) is 12.4. The first-order valence-corrected chi connectivity index (χ1v) is 22.5. The number of esters is 2. The Bertz CT molecular complexity index is 1160. The number of nitrogens with zero attached hydrogens (tertiary/aromatic N) is 1. The number of quaternary nitrogens is 1. The Morgan fingerprint density at radius 2 is 0.930 bits per heavy atom. The van der Waals surface area contributed by atoms with E-state index < -0.39 is 18.1 Å². The number of hydrogen-bond donors (Lipinski definition) is 1. The summed E-state index contributed by atoms with van der Waals surface area (Å²) in [6, 6.07) is -0.622. The second-order valence-corrected chi connectivity index (χ2v) is 15.9. The first kappa shape index (κ1) is 53.8. The van der Waals surface area contributed by atoms with Crippen LogP contribution in [0, 0.1) is 0 Å². The highest BCUT2D eigenvalue weighted by Gasteiger charge is 2.31. The van der Waals surface area contributed by atoms with Crippen LogP contribution < -0.4 is 0 Å². The molecule has 0 aromatic heterocycles. The maximum absolute atomic E-state index is 12.7. The molecule has 8 nitrogen and oxygen atoms in total. The molecule has 0 amide bonds. The highest BCUT2D eigenvalue weighted by atomic mass is 16.6. The number of carboxylic acid groups (broad SMARTS) is 1. The van der Waals surface area contributed by atoms with Gasteiger partial charge in [-0.2, -0.15) is 0 Å². The highest BCUT2D eigenvalue weighted by Crippen LogP contribution is 2.14. The van der Waals surface area contributed by atoms with Crippen LogP contribution in [0.5, 0.6) is 0 Å². The number of carbonyl (C=O) groups excluding carboxylic acids is 2. The molecule has 2 unspecified atom stereocenters. The number of likely N-dealkylation sites (N-methyl/N-ethyl adjacent to an activating group) is 1. The average Bonchev–Trinajstić information content (AvgIpc) is 3.17. The van der Waals surface area contributed by atoms with Gasteiger partial charge in [-0.3, -0.25) is 9.59 Å². The summed E-state index contributed by atoms with van der Waals surface area (Å²) in [6.45, 7) is 4.47. The smallest absolute Gasteiger partial charge is 0.362 e. The van der Waals surface area contributed by atoms with E-state index in [-0.39, 0.29) is 36.2 Å². The van der Waals surface area contributed by atoms with Crippen molar-refractivity contribution in [3.05, 3.63) is 72.9 Å². The first-order chi connectivity index (χ1) is 27.6. The van der Waals surface area contributed by atoms with Gasteiger partial charge in [-0.25, -0.2) is 4.79 Å². The van der Waals surface area contributed by atoms with Gasteiger partial charge in [-0.15, -0.1) is 0 Å². The zero-order valence-corrected chi connectivity index (χ0v) is 37.0. The SMILES string of the molecule is CC/C=C/C/C=C/C/C=C/CCCCCCCCCCCC(=O)OCC(COCCC(C(=O)O)[N+](C)(C)C)OC(=O)CCCCCC/C=C/C/C=C/C/C=C/CC. The number of unbranched alkanes of at least 4 members (excludes halogenated alkanes) is 13. The Kier molecular flexibility index (Phi) is 37.3. The molecule has 0 aliphatic carbocycles. The minimum absolute atomic E-state index is 0.0468. The van der Waals surface area contributed by atoms with E-state index in [1.165, 1.54) is 38.5 Å². The summed E-state index contributed by atoms with van der Waals surface area (Å²) in [5.74, 6) is -1.51. The molecule has 326 valence electrons. The van der Waals surface area contributed by atoms with E-state index in [0.717, 1.165) is 96.3 Å². The van der Waals surface area contributed by atoms with Crippen molar-refractivity contribution < 1.29 is 38.2 Å². The summed E-state index contributed by atoms with van der Waals surface area (Å²) in [6.07, 6.45) is 49.4. The second kappa shape index (κ2) is 39.6. The van der Waals surface area contributed by atoms with Crippen LogP contribution in [0.2, 0.25) is 0 Å². The molecule has 0 saturated carbocycles.